The van der Waals surface area contributed by atoms with Crippen molar-refractivity contribution in [2.24, 2.45) is 0 Å². The number of aryl methyl sites for hydroxylation is 1. The molecular formula is C20H17F2N3O2. The average Bonchev–Trinajstić information content (AvgIpc) is 2.65. The van der Waals surface area contributed by atoms with Gasteiger partial charge in [-0.25, -0.2) is 13.8 Å². The SMILES string of the molecule is CCc1cc(=O)n(CC(=O)Nc2ccc(F)cc2)c(-c2cccc(F)c2)n1. The van der Waals surface area contributed by atoms with E-state index in [-0.39, 0.29) is 12.4 Å². The van der Waals surface area contributed by atoms with Crippen LogP contribution in [-0.2, 0) is 17.8 Å². The molecule has 0 aliphatic rings. The molecule has 0 aliphatic heterocycles. The molecule has 3 aromatic rings. The van der Waals surface area contributed by atoms with Gasteiger partial charge in [-0.2, -0.15) is 0 Å². The average molecular weight is 369 g/mol. The Morgan fingerprint density at radius 2 is 1.81 bits per heavy atom. The first-order valence-electron chi connectivity index (χ1n) is 8.38. The zero-order valence-corrected chi connectivity index (χ0v) is 14.6. The molecule has 5 nitrogen and oxygen atoms in total. The Morgan fingerprint density at radius 3 is 2.48 bits per heavy atom. The lowest BCUT2D eigenvalue weighted by Crippen LogP contribution is -2.30. The van der Waals surface area contributed by atoms with Crippen molar-refractivity contribution < 1.29 is 13.6 Å². The minimum Gasteiger partial charge on any atom is -0.325 e. The van der Waals surface area contributed by atoms with Crippen LogP contribution in [0, 0.1) is 11.6 Å². The number of nitrogens with zero attached hydrogens (tertiary/aromatic N) is 2. The van der Waals surface area contributed by atoms with Gasteiger partial charge >= 0.3 is 0 Å². The highest BCUT2D eigenvalue weighted by atomic mass is 19.1. The lowest BCUT2D eigenvalue weighted by Gasteiger charge is -2.13. The molecule has 1 N–H and O–H groups in total. The number of benzene rings is 2. The van der Waals surface area contributed by atoms with Crippen molar-refractivity contribution in [1.29, 1.82) is 0 Å². The molecule has 2 aromatic carbocycles. The van der Waals surface area contributed by atoms with Gasteiger partial charge in [0.15, 0.2) is 0 Å². The molecule has 0 fully saturated rings. The zero-order chi connectivity index (χ0) is 19.4. The number of carbonyl (C=O) groups excluding carboxylic acids is 1. The maximum Gasteiger partial charge on any atom is 0.254 e. The van der Waals surface area contributed by atoms with Crippen LogP contribution in [0.5, 0.6) is 0 Å². The summed E-state index contributed by atoms with van der Waals surface area (Å²) in [5, 5.41) is 2.60. The van der Waals surface area contributed by atoms with E-state index in [0.717, 1.165) is 0 Å². The van der Waals surface area contributed by atoms with Gasteiger partial charge in [0.25, 0.3) is 5.56 Å². The number of hydrogen-bond donors (Lipinski definition) is 1. The second kappa shape index (κ2) is 7.90. The van der Waals surface area contributed by atoms with E-state index in [1.807, 2.05) is 6.92 Å². The normalized spacial score (nSPS) is 10.6. The van der Waals surface area contributed by atoms with Crippen LogP contribution in [0.1, 0.15) is 12.6 Å². The number of anilines is 1. The van der Waals surface area contributed by atoms with Gasteiger partial charge in [-0.3, -0.25) is 14.2 Å². The molecule has 0 radical (unpaired) electrons. The summed E-state index contributed by atoms with van der Waals surface area (Å²) < 4.78 is 27.8. The van der Waals surface area contributed by atoms with Gasteiger partial charge in [0.05, 0.1) is 0 Å². The second-order valence-electron chi connectivity index (χ2n) is 5.91. The highest BCUT2D eigenvalue weighted by molar-refractivity contribution is 5.90. The Hall–Kier alpha value is -3.35. The van der Waals surface area contributed by atoms with E-state index in [2.05, 4.69) is 10.3 Å². The number of amides is 1. The Labute approximate surface area is 154 Å². The Balaban J connectivity index is 1.95. The number of aromatic nitrogens is 2. The molecule has 1 heterocycles. The van der Waals surface area contributed by atoms with Crippen molar-refractivity contribution in [2.75, 3.05) is 5.32 Å². The third-order valence-corrected chi connectivity index (χ3v) is 3.94. The standard InChI is InChI=1S/C20H17F2N3O2/c1-2-16-11-19(27)25(20(24-16)13-4-3-5-15(22)10-13)12-18(26)23-17-8-6-14(21)7-9-17/h3-11H,2,12H2,1H3,(H,23,26). The fourth-order valence-corrected chi connectivity index (χ4v) is 2.61. The van der Waals surface area contributed by atoms with E-state index in [1.54, 1.807) is 6.07 Å². The first-order valence-corrected chi connectivity index (χ1v) is 8.38. The van der Waals surface area contributed by atoms with Crippen LogP contribution in [0.25, 0.3) is 11.4 Å². The van der Waals surface area contributed by atoms with Crippen molar-refractivity contribution >= 4 is 11.6 Å². The number of rotatable bonds is 5. The first kappa shape index (κ1) is 18.4. The monoisotopic (exact) mass is 369 g/mol. The third kappa shape index (κ3) is 4.44. The second-order valence-corrected chi connectivity index (χ2v) is 5.91. The highest BCUT2D eigenvalue weighted by Gasteiger charge is 2.14. The van der Waals surface area contributed by atoms with Crippen molar-refractivity contribution in [3.8, 4) is 11.4 Å². The number of halogens is 2. The summed E-state index contributed by atoms with van der Waals surface area (Å²) in [7, 11) is 0. The fraction of sp³-hybridized carbons (Fsp3) is 0.150. The van der Waals surface area contributed by atoms with E-state index in [0.29, 0.717) is 23.4 Å². The molecular weight excluding hydrogens is 352 g/mol. The summed E-state index contributed by atoms with van der Waals surface area (Å²) >= 11 is 0. The lowest BCUT2D eigenvalue weighted by molar-refractivity contribution is -0.116. The van der Waals surface area contributed by atoms with Gasteiger partial charge in [-0.15, -0.1) is 0 Å². The van der Waals surface area contributed by atoms with E-state index < -0.39 is 23.1 Å². The predicted molar refractivity (Wildman–Crippen MR) is 98.3 cm³/mol. The quantitative estimate of drug-likeness (QED) is 0.750. The highest BCUT2D eigenvalue weighted by Crippen LogP contribution is 2.18. The largest absolute Gasteiger partial charge is 0.325 e. The summed E-state index contributed by atoms with van der Waals surface area (Å²) in [6.07, 6.45) is 0.528. The number of nitrogens with one attached hydrogen (secondary N) is 1. The van der Waals surface area contributed by atoms with E-state index in [9.17, 15) is 18.4 Å². The molecule has 1 amide bonds. The molecule has 0 saturated heterocycles. The molecule has 0 atom stereocenters. The van der Waals surface area contributed by atoms with E-state index >= 15 is 0 Å². The van der Waals surface area contributed by atoms with Gasteiger partial charge in [-0.1, -0.05) is 19.1 Å². The molecule has 3 rings (SSSR count). The minimum absolute atomic E-state index is 0.216. The van der Waals surface area contributed by atoms with E-state index in [1.165, 1.54) is 53.1 Å². The van der Waals surface area contributed by atoms with Crippen molar-refractivity contribution in [3.63, 3.8) is 0 Å². The predicted octanol–water partition coefficient (Wildman–Crippen LogP) is 3.39. The molecule has 0 saturated carbocycles. The summed E-state index contributed by atoms with van der Waals surface area (Å²) in [4.78, 5) is 29.3. The van der Waals surface area contributed by atoms with Crippen LogP contribution in [0.3, 0.4) is 0 Å². The Kier molecular flexibility index (Phi) is 5.40. The molecule has 0 spiro atoms. The van der Waals surface area contributed by atoms with Crippen LogP contribution in [0.2, 0.25) is 0 Å². The van der Waals surface area contributed by atoms with Crippen LogP contribution in [0.4, 0.5) is 14.5 Å². The maximum absolute atomic E-state index is 13.6. The van der Waals surface area contributed by atoms with Crippen LogP contribution < -0.4 is 10.9 Å². The van der Waals surface area contributed by atoms with Crippen molar-refractivity contribution in [2.45, 2.75) is 19.9 Å². The fourth-order valence-electron chi connectivity index (χ4n) is 2.61. The first-order chi connectivity index (χ1) is 13.0. The Morgan fingerprint density at radius 1 is 1.07 bits per heavy atom. The molecule has 7 heteroatoms. The van der Waals surface area contributed by atoms with Crippen molar-refractivity contribution in [3.05, 3.63) is 82.3 Å². The van der Waals surface area contributed by atoms with Gasteiger partial charge in [-0.05, 0) is 42.8 Å². The van der Waals surface area contributed by atoms with Gasteiger partial charge in [0.1, 0.15) is 24.0 Å². The molecule has 0 aliphatic carbocycles. The molecule has 138 valence electrons. The summed E-state index contributed by atoms with van der Waals surface area (Å²) in [6.45, 7) is 1.54. The third-order valence-electron chi connectivity index (χ3n) is 3.94. The Bertz CT molecular complexity index is 1030. The van der Waals surface area contributed by atoms with Crippen LogP contribution in [-0.4, -0.2) is 15.5 Å². The number of carbonyl (C=O) groups is 1. The van der Waals surface area contributed by atoms with Gasteiger partial charge < -0.3 is 5.32 Å². The van der Waals surface area contributed by atoms with Crippen LogP contribution in [0.15, 0.2) is 59.4 Å². The minimum atomic E-state index is -0.479. The number of hydrogen-bond acceptors (Lipinski definition) is 3. The molecule has 0 unspecified atom stereocenters. The molecule has 1 aromatic heterocycles. The van der Waals surface area contributed by atoms with Crippen molar-refractivity contribution in [1.82, 2.24) is 9.55 Å². The molecule has 27 heavy (non-hydrogen) atoms. The smallest absolute Gasteiger partial charge is 0.254 e. The molecule has 0 bridgehead atoms. The zero-order valence-electron chi connectivity index (χ0n) is 14.6. The summed E-state index contributed by atoms with van der Waals surface area (Å²) in [6, 6.07) is 12.3. The summed E-state index contributed by atoms with van der Waals surface area (Å²) in [5.41, 5.74) is 0.946. The van der Waals surface area contributed by atoms with Gasteiger partial charge in [0, 0.05) is 23.0 Å². The lowest BCUT2D eigenvalue weighted by atomic mass is 10.2. The maximum atomic E-state index is 13.6. The summed E-state index contributed by atoms with van der Waals surface area (Å²) in [5.74, 6) is -1.15. The van der Waals surface area contributed by atoms with E-state index in [4.69, 9.17) is 0 Å². The topological polar surface area (TPSA) is 64.0 Å². The van der Waals surface area contributed by atoms with Gasteiger partial charge in [0.2, 0.25) is 5.91 Å². The van der Waals surface area contributed by atoms with Crippen LogP contribution >= 0.6 is 0 Å².